The van der Waals surface area contributed by atoms with Crippen molar-refractivity contribution in [2.24, 2.45) is 0 Å². The van der Waals surface area contributed by atoms with Crippen LogP contribution in [0.25, 0.3) is 10.9 Å². The van der Waals surface area contributed by atoms with Crippen molar-refractivity contribution in [2.45, 2.75) is 31.3 Å². The second kappa shape index (κ2) is 4.74. The number of Topliss-reactive ketones (excluding diaryl/α,β-unsaturated/α-hetero) is 1. The summed E-state index contributed by atoms with van der Waals surface area (Å²) >= 11 is 0. The minimum atomic E-state index is -0.601. The van der Waals surface area contributed by atoms with Gasteiger partial charge in [0.1, 0.15) is 5.60 Å². The van der Waals surface area contributed by atoms with Crippen LogP contribution in [0, 0.1) is 0 Å². The van der Waals surface area contributed by atoms with Gasteiger partial charge in [-0.1, -0.05) is 6.07 Å². The first-order valence-electron chi connectivity index (χ1n) is 6.70. The van der Waals surface area contributed by atoms with E-state index in [1.54, 1.807) is 13.3 Å². The first-order valence-corrected chi connectivity index (χ1v) is 6.70. The third-order valence-electron chi connectivity index (χ3n) is 4.08. The van der Waals surface area contributed by atoms with Crippen LogP contribution in [-0.2, 0) is 4.74 Å². The number of aromatic nitrogens is 1. The van der Waals surface area contributed by atoms with Crippen LogP contribution < -0.4 is 0 Å². The topological polar surface area (TPSA) is 39.2 Å². The number of ketones is 1. The molecular formula is C16H17NO2. The average molecular weight is 255 g/mol. The lowest BCUT2D eigenvalue weighted by molar-refractivity contribution is 0.00603. The molecule has 0 amide bonds. The fourth-order valence-electron chi connectivity index (χ4n) is 2.95. The molecule has 1 aromatic heterocycles. The molecule has 98 valence electrons. The van der Waals surface area contributed by atoms with Gasteiger partial charge >= 0.3 is 0 Å². The fourth-order valence-corrected chi connectivity index (χ4v) is 2.95. The Morgan fingerprint density at radius 3 is 2.79 bits per heavy atom. The van der Waals surface area contributed by atoms with Crippen molar-refractivity contribution in [2.75, 3.05) is 7.11 Å². The molecule has 0 atom stereocenters. The smallest absolute Gasteiger partial charge is 0.194 e. The number of fused-ring (bicyclic) bond motifs is 1. The van der Waals surface area contributed by atoms with Gasteiger partial charge in [-0.15, -0.1) is 0 Å². The number of hydrogen-bond acceptors (Lipinski definition) is 3. The lowest BCUT2D eigenvalue weighted by Gasteiger charge is -2.25. The minimum absolute atomic E-state index is 0.109. The summed E-state index contributed by atoms with van der Waals surface area (Å²) in [4.78, 5) is 17.0. The number of carbonyl (C=O) groups excluding carboxylic acids is 1. The minimum Gasteiger partial charge on any atom is -0.370 e. The number of pyridine rings is 1. The first kappa shape index (κ1) is 12.3. The van der Waals surface area contributed by atoms with Gasteiger partial charge in [0, 0.05) is 24.3 Å². The van der Waals surface area contributed by atoms with Gasteiger partial charge in [0.2, 0.25) is 0 Å². The average Bonchev–Trinajstić information content (AvgIpc) is 2.96. The molecule has 3 rings (SSSR count). The molecule has 1 saturated carbocycles. The normalized spacial score (nSPS) is 17.7. The van der Waals surface area contributed by atoms with Gasteiger partial charge in [-0.25, -0.2) is 0 Å². The maximum absolute atomic E-state index is 12.7. The monoisotopic (exact) mass is 255 g/mol. The molecule has 0 aliphatic heterocycles. The van der Waals surface area contributed by atoms with Crippen LogP contribution in [-0.4, -0.2) is 23.5 Å². The standard InChI is InChI=1S/C16H17NO2/c1-19-16(8-2-3-9-16)15(18)13-6-7-14-12(11-13)5-4-10-17-14/h4-7,10-11H,2-3,8-9H2,1H3. The Bertz CT molecular complexity index is 615. The fraction of sp³-hybridized carbons (Fsp3) is 0.375. The van der Waals surface area contributed by atoms with Crippen LogP contribution in [0.5, 0.6) is 0 Å². The highest BCUT2D eigenvalue weighted by Gasteiger charge is 2.41. The van der Waals surface area contributed by atoms with E-state index >= 15 is 0 Å². The Morgan fingerprint density at radius 1 is 1.26 bits per heavy atom. The summed E-state index contributed by atoms with van der Waals surface area (Å²) in [5.74, 6) is 0.109. The highest BCUT2D eigenvalue weighted by molar-refractivity contribution is 6.04. The molecule has 0 bridgehead atoms. The highest BCUT2D eigenvalue weighted by Crippen LogP contribution is 2.36. The third-order valence-corrected chi connectivity index (χ3v) is 4.08. The van der Waals surface area contributed by atoms with Crippen LogP contribution in [0.3, 0.4) is 0 Å². The summed E-state index contributed by atoms with van der Waals surface area (Å²) in [6, 6.07) is 9.55. The second-order valence-electron chi connectivity index (χ2n) is 5.15. The molecule has 0 N–H and O–H groups in total. The van der Waals surface area contributed by atoms with Crippen molar-refractivity contribution in [1.82, 2.24) is 4.98 Å². The van der Waals surface area contributed by atoms with Gasteiger partial charge in [0.25, 0.3) is 0 Å². The molecule has 3 nitrogen and oxygen atoms in total. The van der Waals surface area contributed by atoms with Gasteiger partial charge in [-0.3, -0.25) is 9.78 Å². The van der Waals surface area contributed by atoms with E-state index in [0.717, 1.165) is 42.1 Å². The zero-order valence-electron chi connectivity index (χ0n) is 11.1. The lowest BCUT2D eigenvalue weighted by atomic mass is 9.90. The van der Waals surface area contributed by atoms with Crippen LogP contribution >= 0.6 is 0 Å². The van der Waals surface area contributed by atoms with Crippen molar-refractivity contribution in [3.05, 3.63) is 42.1 Å². The molecule has 1 heterocycles. The molecule has 3 heteroatoms. The van der Waals surface area contributed by atoms with Gasteiger partial charge in [-0.2, -0.15) is 0 Å². The van der Waals surface area contributed by atoms with E-state index in [2.05, 4.69) is 4.98 Å². The van der Waals surface area contributed by atoms with Crippen molar-refractivity contribution < 1.29 is 9.53 Å². The molecule has 0 spiro atoms. The van der Waals surface area contributed by atoms with Crippen LogP contribution in [0.4, 0.5) is 0 Å². The van der Waals surface area contributed by atoms with Gasteiger partial charge < -0.3 is 4.74 Å². The first-order chi connectivity index (χ1) is 9.25. The van der Waals surface area contributed by atoms with Crippen molar-refractivity contribution in [3.63, 3.8) is 0 Å². The number of benzene rings is 1. The predicted octanol–water partition coefficient (Wildman–Crippen LogP) is 3.38. The summed E-state index contributed by atoms with van der Waals surface area (Å²) in [5.41, 5.74) is 1.04. The van der Waals surface area contributed by atoms with E-state index in [4.69, 9.17) is 4.74 Å². The van der Waals surface area contributed by atoms with E-state index in [1.807, 2.05) is 30.3 Å². The maximum Gasteiger partial charge on any atom is 0.194 e. The number of hydrogen-bond donors (Lipinski definition) is 0. The number of nitrogens with zero attached hydrogens (tertiary/aromatic N) is 1. The lowest BCUT2D eigenvalue weighted by Crippen LogP contribution is -2.37. The number of methoxy groups -OCH3 is 1. The molecule has 0 radical (unpaired) electrons. The molecule has 19 heavy (non-hydrogen) atoms. The summed E-state index contributed by atoms with van der Waals surface area (Å²) in [5, 5.41) is 0.998. The summed E-state index contributed by atoms with van der Waals surface area (Å²) in [6.45, 7) is 0. The van der Waals surface area contributed by atoms with E-state index in [0.29, 0.717) is 0 Å². The summed E-state index contributed by atoms with van der Waals surface area (Å²) in [7, 11) is 1.64. The predicted molar refractivity (Wildman–Crippen MR) is 74.3 cm³/mol. The highest BCUT2D eigenvalue weighted by atomic mass is 16.5. The Hall–Kier alpha value is -1.74. The van der Waals surface area contributed by atoms with Crippen molar-refractivity contribution >= 4 is 16.7 Å². The van der Waals surface area contributed by atoms with E-state index in [-0.39, 0.29) is 5.78 Å². The molecule has 1 aliphatic rings. The number of carbonyl (C=O) groups is 1. The van der Waals surface area contributed by atoms with Gasteiger partial charge in [0.15, 0.2) is 5.78 Å². The largest absolute Gasteiger partial charge is 0.370 e. The molecule has 2 aromatic rings. The summed E-state index contributed by atoms with van der Waals surface area (Å²) in [6.07, 6.45) is 5.54. The maximum atomic E-state index is 12.7. The molecule has 0 unspecified atom stereocenters. The molecule has 1 fully saturated rings. The van der Waals surface area contributed by atoms with E-state index < -0.39 is 5.60 Å². The van der Waals surface area contributed by atoms with E-state index in [9.17, 15) is 4.79 Å². The van der Waals surface area contributed by atoms with Gasteiger partial charge in [-0.05, 0) is 49.9 Å². The zero-order chi connectivity index (χ0) is 13.3. The zero-order valence-corrected chi connectivity index (χ0v) is 11.1. The Morgan fingerprint density at radius 2 is 2.05 bits per heavy atom. The van der Waals surface area contributed by atoms with Gasteiger partial charge in [0.05, 0.1) is 5.52 Å². The van der Waals surface area contributed by atoms with Crippen molar-refractivity contribution in [1.29, 1.82) is 0 Å². The second-order valence-corrected chi connectivity index (χ2v) is 5.15. The van der Waals surface area contributed by atoms with Crippen molar-refractivity contribution in [3.8, 4) is 0 Å². The van der Waals surface area contributed by atoms with Crippen LogP contribution in [0.2, 0.25) is 0 Å². The van der Waals surface area contributed by atoms with Crippen LogP contribution in [0.15, 0.2) is 36.5 Å². The number of ether oxygens (including phenoxy) is 1. The third kappa shape index (κ3) is 2.04. The van der Waals surface area contributed by atoms with E-state index in [1.165, 1.54) is 0 Å². The molecule has 0 saturated heterocycles. The quantitative estimate of drug-likeness (QED) is 0.789. The molecular weight excluding hydrogens is 238 g/mol. The Kier molecular flexibility index (Phi) is 3.07. The van der Waals surface area contributed by atoms with Crippen LogP contribution in [0.1, 0.15) is 36.0 Å². The summed E-state index contributed by atoms with van der Waals surface area (Å²) < 4.78 is 5.56. The molecule has 1 aromatic carbocycles. The number of rotatable bonds is 3. The Labute approximate surface area is 112 Å². The SMILES string of the molecule is COC1(C(=O)c2ccc3ncccc3c2)CCCC1. The molecule has 1 aliphatic carbocycles. The Balaban J connectivity index is 2.01.